The maximum Gasteiger partial charge on any atom is 0.218 e. The van der Waals surface area contributed by atoms with Crippen LogP contribution in [0.5, 0.6) is 0 Å². The average molecular weight is 340 g/mol. The lowest BCUT2D eigenvalue weighted by Crippen LogP contribution is -2.34. The molecule has 0 bridgehead atoms. The van der Waals surface area contributed by atoms with E-state index in [0.717, 1.165) is 22.3 Å². The SMILES string of the molecule is OC1(O)C(c2ccccc2)=CC=CC1=C1C=CC=C(c2ccccc2)C1. The van der Waals surface area contributed by atoms with E-state index in [2.05, 4.69) is 18.2 Å². The fourth-order valence-corrected chi connectivity index (χ4v) is 3.50. The molecule has 2 heteroatoms. The van der Waals surface area contributed by atoms with E-state index in [1.165, 1.54) is 0 Å². The zero-order valence-electron chi connectivity index (χ0n) is 14.3. The molecule has 0 saturated heterocycles. The molecule has 4 rings (SSSR count). The van der Waals surface area contributed by atoms with E-state index in [4.69, 9.17) is 0 Å². The molecule has 128 valence electrons. The van der Waals surface area contributed by atoms with E-state index < -0.39 is 5.79 Å². The summed E-state index contributed by atoms with van der Waals surface area (Å²) in [7, 11) is 0. The largest absolute Gasteiger partial charge is 0.358 e. The molecule has 2 aromatic carbocycles. The summed E-state index contributed by atoms with van der Waals surface area (Å²) in [5.41, 5.74) is 5.04. The zero-order valence-corrected chi connectivity index (χ0v) is 14.3. The Bertz CT molecular complexity index is 956. The summed E-state index contributed by atoms with van der Waals surface area (Å²) in [6.45, 7) is 0. The molecule has 2 aromatic rings. The van der Waals surface area contributed by atoms with Crippen molar-refractivity contribution in [3.05, 3.63) is 119 Å². The Morgan fingerprint density at radius 3 is 2.00 bits per heavy atom. The third-order valence-corrected chi connectivity index (χ3v) is 4.83. The number of benzene rings is 2. The van der Waals surface area contributed by atoms with Crippen LogP contribution in [0, 0.1) is 0 Å². The zero-order chi connectivity index (χ0) is 18.0. The van der Waals surface area contributed by atoms with Crippen molar-refractivity contribution < 1.29 is 10.2 Å². The van der Waals surface area contributed by atoms with Crippen molar-refractivity contribution in [3.63, 3.8) is 0 Å². The Labute approximate surface area is 153 Å². The molecule has 2 aliphatic carbocycles. The average Bonchev–Trinajstić information content (AvgIpc) is 2.69. The molecule has 0 unspecified atom stereocenters. The van der Waals surface area contributed by atoms with Crippen molar-refractivity contribution in [2.75, 3.05) is 0 Å². The van der Waals surface area contributed by atoms with E-state index in [1.807, 2.05) is 66.8 Å². The topological polar surface area (TPSA) is 40.5 Å². The third-order valence-electron chi connectivity index (χ3n) is 4.83. The van der Waals surface area contributed by atoms with Crippen LogP contribution in [0.3, 0.4) is 0 Å². The van der Waals surface area contributed by atoms with E-state index >= 15 is 0 Å². The van der Waals surface area contributed by atoms with Crippen LogP contribution in [-0.4, -0.2) is 16.0 Å². The van der Waals surface area contributed by atoms with Gasteiger partial charge in [0.05, 0.1) is 0 Å². The Morgan fingerprint density at radius 2 is 1.31 bits per heavy atom. The van der Waals surface area contributed by atoms with Gasteiger partial charge in [-0.05, 0) is 28.7 Å². The predicted octanol–water partition coefficient (Wildman–Crippen LogP) is 4.66. The number of hydrogen-bond acceptors (Lipinski definition) is 2. The molecule has 0 saturated carbocycles. The summed E-state index contributed by atoms with van der Waals surface area (Å²) < 4.78 is 0. The van der Waals surface area contributed by atoms with Crippen molar-refractivity contribution >= 4 is 11.1 Å². The molecule has 0 aromatic heterocycles. The van der Waals surface area contributed by atoms with Gasteiger partial charge in [0, 0.05) is 11.1 Å². The molecule has 0 amide bonds. The molecule has 0 aliphatic heterocycles. The summed E-state index contributed by atoms with van der Waals surface area (Å²) in [6, 6.07) is 19.7. The molecule has 26 heavy (non-hydrogen) atoms. The Morgan fingerprint density at radius 1 is 0.692 bits per heavy atom. The maximum atomic E-state index is 11.0. The molecule has 0 radical (unpaired) electrons. The number of rotatable bonds is 2. The first-order valence-electron chi connectivity index (χ1n) is 8.71. The lowest BCUT2D eigenvalue weighted by Gasteiger charge is -2.31. The summed E-state index contributed by atoms with van der Waals surface area (Å²) in [5, 5.41) is 22.0. The molecular weight excluding hydrogens is 320 g/mol. The predicted molar refractivity (Wildman–Crippen MR) is 106 cm³/mol. The molecule has 0 heterocycles. The molecule has 0 atom stereocenters. The van der Waals surface area contributed by atoms with E-state index in [1.54, 1.807) is 12.2 Å². The van der Waals surface area contributed by atoms with Gasteiger partial charge in [-0.2, -0.15) is 0 Å². The first-order chi connectivity index (χ1) is 12.7. The van der Waals surface area contributed by atoms with Gasteiger partial charge in [0.15, 0.2) is 0 Å². The van der Waals surface area contributed by atoms with E-state index in [-0.39, 0.29) is 0 Å². The Hall–Kier alpha value is -2.94. The Balaban J connectivity index is 1.72. The number of allylic oxidation sites excluding steroid dienone is 7. The highest BCUT2D eigenvalue weighted by atomic mass is 16.5. The van der Waals surface area contributed by atoms with Gasteiger partial charge in [-0.25, -0.2) is 0 Å². The monoisotopic (exact) mass is 340 g/mol. The number of aliphatic hydroxyl groups is 2. The van der Waals surface area contributed by atoms with Crippen molar-refractivity contribution in [1.82, 2.24) is 0 Å². The van der Waals surface area contributed by atoms with Crippen LogP contribution in [0.4, 0.5) is 0 Å². The van der Waals surface area contributed by atoms with Crippen molar-refractivity contribution in [2.45, 2.75) is 12.2 Å². The minimum absolute atomic E-state index is 0.493. The molecule has 2 N–H and O–H groups in total. The van der Waals surface area contributed by atoms with Crippen LogP contribution in [0.1, 0.15) is 17.5 Å². The second-order valence-electron chi connectivity index (χ2n) is 6.51. The summed E-state index contributed by atoms with van der Waals surface area (Å²) >= 11 is 0. The highest BCUT2D eigenvalue weighted by molar-refractivity contribution is 5.80. The van der Waals surface area contributed by atoms with E-state index in [9.17, 15) is 10.2 Å². The van der Waals surface area contributed by atoms with Crippen molar-refractivity contribution in [1.29, 1.82) is 0 Å². The minimum atomic E-state index is -2.02. The van der Waals surface area contributed by atoms with Gasteiger partial charge in [0.2, 0.25) is 5.79 Å². The van der Waals surface area contributed by atoms with Crippen LogP contribution in [0.15, 0.2) is 108 Å². The second kappa shape index (κ2) is 6.75. The second-order valence-corrected chi connectivity index (χ2v) is 6.51. The van der Waals surface area contributed by atoms with Crippen molar-refractivity contribution in [2.24, 2.45) is 0 Å². The normalized spacial score (nSPS) is 21.3. The van der Waals surface area contributed by atoms with Gasteiger partial charge in [0.25, 0.3) is 0 Å². The lowest BCUT2D eigenvalue weighted by atomic mass is 9.82. The molecule has 2 nitrogen and oxygen atoms in total. The van der Waals surface area contributed by atoms with Crippen LogP contribution < -0.4 is 0 Å². The van der Waals surface area contributed by atoms with Gasteiger partial charge in [0.1, 0.15) is 0 Å². The standard InChI is InChI=1S/C24H20O2/c25-24(26)22(19-11-5-2-6-12-19)15-8-16-23(24)21-14-7-13-20(17-21)18-9-3-1-4-10-18/h1-16,25-26H,17H2. The van der Waals surface area contributed by atoms with E-state index in [0.29, 0.717) is 17.6 Å². The van der Waals surface area contributed by atoms with Gasteiger partial charge in [-0.15, -0.1) is 0 Å². The molecule has 0 spiro atoms. The van der Waals surface area contributed by atoms with Crippen LogP contribution >= 0.6 is 0 Å². The third kappa shape index (κ3) is 3.01. The quantitative estimate of drug-likeness (QED) is 0.781. The number of hydrogen-bond donors (Lipinski definition) is 2. The fourth-order valence-electron chi connectivity index (χ4n) is 3.50. The molecule has 2 aliphatic rings. The summed E-state index contributed by atoms with van der Waals surface area (Å²) in [4.78, 5) is 0. The minimum Gasteiger partial charge on any atom is -0.358 e. The van der Waals surface area contributed by atoms with Gasteiger partial charge in [-0.3, -0.25) is 0 Å². The fraction of sp³-hybridized carbons (Fsp3) is 0.0833. The van der Waals surface area contributed by atoms with Crippen LogP contribution in [0.2, 0.25) is 0 Å². The lowest BCUT2D eigenvalue weighted by molar-refractivity contribution is -0.0729. The van der Waals surface area contributed by atoms with Gasteiger partial charge in [-0.1, -0.05) is 97.1 Å². The molecule has 0 fully saturated rings. The Kier molecular flexibility index (Phi) is 4.29. The van der Waals surface area contributed by atoms with Crippen LogP contribution in [0.25, 0.3) is 11.1 Å². The van der Waals surface area contributed by atoms with Crippen LogP contribution in [-0.2, 0) is 0 Å². The highest BCUT2D eigenvalue weighted by Gasteiger charge is 2.36. The summed E-state index contributed by atoms with van der Waals surface area (Å²) in [6.07, 6.45) is 12.1. The van der Waals surface area contributed by atoms with Gasteiger partial charge < -0.3 is 10.2 Å². The van der Waals surface area contributed by atoms with Crippen molar-refractivity contribution in [3.8, 4) is 0 Å². The first kappa shape index (κ1) is 16.5. The first-order valence-corrected chi connectivity index (χ1v) is 8.71. The maximum absolute atomic E-state index is 11.0. The highest BCUT2D eigenvalue weighted by Crippen LogP contribution is 2.39. The summed E-state index contributed by atoms with van der Waals surface area (Å²) in [5.74, 6) is -2.02. The smallest absolute Gasteiger partial charge is 0.218 e. The van der Waals surface area contributed by atoms with Gasteiger partial charge >= 0.3 is 0 Å². The molecular formula is C24H20O2.